The van der Waals surface area contributed by atoms with Crippen LogP contribution in [0.2, 0.25) is 0 Å². The molecule has 2 N–H and O–H groups in total. The highest BCUT2D eigenvalue weighted by molar-refractivity contribution is 6.34. The van der Waals surface area contributed by atoms with E-state index < -0.39 is 11.8 Å². The first-order chi connectivity index (χ1) is 11.9. The predicted molar refractivity (Wildman–Crippen MR) is 95.6 cm³/mol. The van der Waals surface area contributed by atoms with Crippen LogP contribution in [0.5, 0.6) is 11.5 Å². The lowest BCUT2D eigenvalue weighted by molar-refractivity contribution is -0.145. The molecule has 0 radical (unpaired) electrons. The summed E-state index contributed by atoms with van der Waals surface area (Å²) < 4.78 is 11.5. The van der Waals surface area contributed by atoms with Gasteiger partial charge in [0.25, 0.3) is 0 Å². The zero-order chi connectivity index (χ0) is 18.4. The highest BCUT2D eigenvalue weighted by Gasteiger charge is 2.22. The van der Waals surface area contributed by atoms with Gasteiger partial charge in [-0.1, -0.05) is 6.07 Å². The summed E-state index contributed by atoms with van der Waals surface area (Å²) in [5.41, 5.74) is 6.16. The molecule has 6 heteroatoms. The first-order valence-corrected chi connectivity index (χ1v) is 8.86. The van der Waals surface area contributed by atoms with Crippen molar-refractivity contribution >= 4 is 11.8 Å². The van der Waals surface area contributed by atoms with Gasteiger partial charge in [-0.05, 0) is 63.6 Å². The summed E-state index contributed by atoms with van der Waals surface area (Å²) in [5.74, 6) is -0.117. The quantitative estimate of drug-likeness (QED) is 0.767. The SMILES string of the molecule is COc1ccc(CCN(C(=O)C(N)=O)C(C)C)cc1OC1CCCC1. The Kier molecular flexibility index (Phi) is 6.67. The van der Waals surface area contributed by atoms with Gasteiger partial charge in [0, 0.05) is 12.6 Å². The maximum Gasteiger partial charge on any atom is 0.311 e. The van der Waals surface area contributed by atoms with Gasteiger partial charge < -0.3 is 20.1 Å². The molecule has 1 aromatic carbocycles. The predicted octanol–water partition coefficient (Wildman–Crippen LogP) is 2.28. The van der Waals surface area contributed by atoms with E-state index in [1.807, 2.05) is 32.0 Å². The Bertz CT molecular complexity index is 609. The Balaban J connectivity index is 2.07. The van der Waals surface area contributed by atoms with Crippen molar-refractivity contribution < 1.29 is 19.1 Å². The van der Waals surface area contributed by atoms with E-state index in [0.29, 0.717) is 18.7 Å². The average molecular weight is 348 g/mol. The molecule has 0 heterocycles. The van der Waals surface area contributed by atoms with Gasteiger partial charge in [-0.3, -0.25) is 9.59 Å². The number of carbonyl (C=O) groups is 2. The molecule has 0 aliphatic heterocycles. The summed E-state index contributed by atoms with van der Waals surface area (Å²) in [6.45, 7) is 4.15. The summed E-state index contributed by atoms with van der Waals surface area (Å²) in [6, 6.07) is 5.71. The first-order valence-electron chi connectivity index (χ1n) is 8.86. The van der Waals surface area contributed by atoms with Crippen LogP contribution >= 0.6 is 0 Å². The Labute approximate surface area is 149 Å². The van der Waals surface area contributed by atoms with Crippen LogP contribution in [0.3, 0.4) is 0 Å². The second-order valence-electron chi connectivity index (χ2n) is 6.72. The number of methoxy groups -OCH3 is 1. The number of nitrogens with two attached hydrogens (primary N) is 1. The number of hydrogen-bond donors (Lipinski definition) is 1. The molecule has 0 spiro atoms. The van der Waals surface area contributed by atoms with Crippen molar-refractivity contribution in [3.8, 4) is 11.5 Å². The number of amides is 2. The fraction of sp³-hybridized carbons (Fsp3) is 0.579. The average Bonchev–Trinajstić information content (AvgIpc) is 3.07. The van der Waals surface area contributed by atoms with Crippen LogP contribution < -0.4 is 15.2 Å². The maximum atomic E-state index is 11.9. The zero-order valence-corrected chi connectivity index (χ0v) is 15.3. The molecule has 2 rings (SSSR count). The van der Waals surface area contributed by atoms with Gasteiger partial charge in [-0.15, -0.1) is 0 Å². The number of primary amides is 1. The Morgan fingerprint density at radius 2 is 1.92 bits per heavy atom. The van der Waals surface area contributed by atoms with Crippen molar-refractivity contribution in [1.29, 1.82) is 0 Å². The third-order valence-corrected chi connectivity index (χ3v) is 4.56. The van der Waals surface area contributed by atoms with Crippen molar-refractivity contribution in [1.82, 2.24) is 4.90 Å². The maximum absolute atomic E-state index is 11.9. The van der Waals surface area contributed by atoms with Crippen LogP contribution in [0.25, 0.3) is 0 Å². The van der Waals surface area contributed by atoms with E-state index in [2.05, 4.69) is 0 Å². The lowest BCUT2D eigenvalue weighted by atomic mass is 10.1. The van der Waals surface area contributed by atoms with E-state index in [9.17, 15) is 9.59 Å². The molecular weight excluding hydrogens is 320 g/mol. The van der Waals surface area contributed by atoms with Gasteiger partial charge in [0.2, 0.25) is 0 Å². The molecule has 1 aliphatic carbocycles. The number of nitrogens with zero attached hydrogens (tertiary/aromatic N) is 1. The lowest BCUT2D eigenvalue weighted by Gasteiger charge is -2.25. The second-order valence-corrected chi connectivity index (χ2v) is 6.72. The van der Waals surface area contributed by atoms with E-state index in [1.54, 1.807) is 7.11 Å². The highest BCUT2D eigenvalue weighted by atomic mass is 16.5. The standard InChI is InChI=1S/C19H28N2O4/c1-13(2)21(19(23)18(20)22)11-10-14-8-9-16(24-3)17(12-14)25-15-6-4-5-7-15/h8-9,12-13,15H,4-7,10-11H2,1-3H3,(H2,20,22). The van der Waals surface area contributed by atoms with Gasteiger partial charge in [-0.2, -0.15) is 0 Å². The monoisotopic (exact) mass is 348 g/mol. The van der Waals surface area contributed by atoms with Crippen molar-refractivity contribution in [2.75, 3.05) is 13.7 Å². The number of ether oxygens (including phenoxy) is 2. The Hall–Kier alpha value is -2.24. The zero-order valence-electron chi connectivity index (χ0n) is 15.3. The number of carbonyl (C=O) groups excluding carboxylic acids is 2. The van der Waals surface area contributed by atoms with E-state index in [1.165, 1.54) is 17.7 Å². The minimum atomic E-state index is -0.923. The van der Waals surface area contributed by atoms with Gasteiger partial charge in [0.15, 0.2) is 11.5 Å². The van der Waals surface area contributed by atoms with E-state index in [4.69, 9.17) is 15.2 Å². The molecule has 1 aromatic rings. The molecule has 138 valence electrons. The molecular formula is C19H28N2O4. The molecule has 0 saturated heterocycles. The van der Waals surface area contributed by atoms with Crippen LogP contribution in [-0.2, 0) is 16.0 Å². The summed E-state index contributed by atoms with van der Waals surface area (Å²) in [6.07, 6.45) is 5.40. The third-order valence-electron chi connectivity index (χ3n) is 4.56. The van der Waals surface area contributed by atoms with Crippen LogP contribution in [0.4, 0.5) is 0 Å². The molecule has 0 bridgehead atoms. The van der Waals surface area contributed by atoms with Crippen LogP contribution in [0.1, 0.15) is 45.1 Å². The van der Waals surface area contributed by atoms with E-state index >= 15 is 0 Å². The second kappa shape index (κ2) is 8.74. The fourth-order valence-corrected chi connectivity index (χ4v) is 3.14. The normalized spacial score (nSPS) is 14.6. The van der Waals surface area contributed by atoms with Crippen molar-refractivity contribution in [2.24, 2.45) is 5.73 Å². The Morgan fingerprint density at radius 1 is 1.24 bits per heavy atom. The largest absolute Gasteiger partial charge is 0.493 e. The lowest BCUT2D eigenvalue weighted by Crippen LogP contribution is -2.45. The summed E-state index contributed by atoms with van der Waals surface area (Å²) in [5, 5.41) is 0. The number of hydrogen-bond acceptors (Lipinski definition) is 4. The van der Waals surface area contributed by atoms with Gasteiger partial charge in [0.05, 0.1) is 13.2 Å². The van der Waals surface area contributed by atoms with Gasteiger partial charge in [0.1, 0.15) is 0 Å². The summed E-state index contributed by atoms with van der Waals surface area (Å²) in [7, 11) is 1.63. The van der Waals surface area contributed by atoms with Gasteiger partial charge in [-0.25, -0.2) is 0 Å². The number of benzene rings is 1. The Morgan fingerprint density at radius 3 is 2.48 bits per heavy atom. The third kappa shape index (κ3) is 5.11. The van der Waals surface area contributed by atoms with E-state index in [-0.39, 0.29) is 12.1 Å². The molecule has 2 amide bonds. The molecule has 1 fully saturated rings. The summed E-state index contributed by atoms with van der Waals surface area (Å²) >= 11 is 0. The van der Waals surface area contributed by atoms with Crippen LogP contribution in [-0.4, -0.2) is 42.5 Å². The smallest absolute Gasteiger partial charge is 0.311 e. The van der Waals surface area contributed by atoms with Crippen molar-refractivity contribution in [2.45, 2.75) is 58.1 Å². The molecule has 0 unspecified atom stereocenters. The molecule has 6 nitrogen and oxygen atoms in total. The van der Waals surface area contributed by atoms with Crippen molar-refractivity contribution in [3.05, 3.63) is 23.8 Å². The molecule has 0 atom stereocenters. The minimum absolute atomic E-state index is 0.0903. The number of rotatable bonds is 7. The molecule has 25 heavy (non-hydrogen) atoms. The van der Waals surface area contributed by atoms with E-state index in [0.717, 1.165) is 24.2 Å². The topological polar surface area (TPSA) is 81.9 Å². The molecule has 0 aromatic heterocycles. The molecule has 1 saturated carbocycles. The minimum Gasteiger partial charge on any atom is -0.493 e. The van der Waals surface area contributed by atoms with Crippen LogP contribution in [0.15, 0.2) is 18.2 Å². The first kappa shape index (κ1) is 19.1. The fourth-order valence-electron chi connectivity index (χ4n) is 3.14. The molecule has 1 aliphatic rings. The summed E-state index contributed by atoms with van der Waals surface area (Å²) in [4.78, 5) is 24.6. The highest BCUT2D eigenvalue weighted by Crippen LogP contribution is 2.32. The van der Waals surface area contributed by atoms with Gasteiger partial charge >= 0.3 is 11.8 Å². The van der Waals surface area contributed by atoms with Crippen LogP contribution in [0, 0.1) is 0 Å². The van der Waals surface area contributed by atoms with Crippen molar-refractivity contribution in [3.63, 3.8) is 0 Å².